The molecule has 1 aliphatic rings. The van der Waals surface area contributed by atoms with E-state index in [1.807, 2.05) is 55.5 Å². The molecule has 0 spiro atoms. The number of halogens is 1. The standard InChI is InChI=1S/C19H16ClN3O2S/c1-2-25-13-9-7-12(8-10-13)23-17(14-5-3-4-6-16(14)20)22-18(24)15(11-21)19(23)26/h3-10,17,26H,2H2,1H3,(H,22,24). The smallest absolute Gasteiger partial charge is 0.266 e. The van der Waals surface area contributed by atoms with E-state index < -0.39 is 12.1 Å². The molecule has 2 aromatic rings. The maximum Gasteiger partial charge on any atom is 0.266 e. The van der Waals surface area contributed by atoms with Crippen molar-refractivity contribution in [2.75, 3.05) is 11.5 Å². The van der Waals surface area contributed by atoms with Crippen molar-refractivity contribution >= 4 is 35.8 Å². The molecule has 0 aromatic heterocycles. The number of nitrogens with one attached hydrogen (secondary N) is 1. The molecule has 0 fully saturated rings. The van der Waals surface area contributed by atoms with Gasteiger partial charge in [-0.25, -0.2) is 0 Å². The first kappa shape index (κ1) is 18.2. The molecule has 0 saturated heterocycles. The van der Waals surface area contributed by atoms with Crippen LogP contribution in [0.3, 0.4) is 0 Å². The summed E-state index contributed by atoms with van der Waals surface area (Å²) in [6, 6.07) is 16.5. The second-order valence-electron chi connectivity index (χ2n) is 5.50. The van der Waals surface area contributed by atoms with Gasteiger partial charge in [0.25, 0.3) is 5.91 Å². The molecule has 132 valence electrons. The highest BCUT2D eigenvalue weighted by atomic mass is 35.5. The summed E-state index contributed by atoms with van der Waals surface area (Å²) in [5.41, 5.74) is 1.40. The second-order valence-corrected chi connectivity index (χ2v) is 6.34. The minimum absolute atomic E-state index is 0.0504. The third-order valence-corrected chi connectivity index (χ3v) is 4.73. The van der Waals surface area contributed by atoms with Crippen molar-refractivity contribution < 1.29 is 9.53 Å². The zero-order valence-electron chi connectivity index (χ0n) is 13.9. The van der Waals surface area contributed by atoms with E-state index in [9.17, 15) is 10.1 Å². The fraction of sp³-hybridized carbons (Fsp3) is 0.158. The average molecular weight is 386 g/mol. The molecule has 1 amide bonds. The van der Waals surface area contributed by atoms with Gasteiger partial charge in [-0.05, 0) is 37.3 Å². The number of thiol groups is 1. The van der Waals surface area contributed by atoms with Crippen molar-refractivity contribution in [3.05, 3.63) is 69.7 Å². The van der Waals surface area contributed by atoms with E-state index in [0.717, 1.165) is 11.4 Å². The number of benzene rings is 2. The number of amides is 1. The van der Waals surface area contributed by atoms with Crippen LogP contribution < -0.4 is 15.0 Å². The lowest BCUT2D eigenvalue weighted by Crippen LogP contribution is -2.46. The van der Waals surface area contributed by atoms with Crippen LogP contribution in [0.1, 0.15) is 18.7 Å². The topological polar surface area (TPSA) is 65.4 Å². The molecule has 1 aliphatic heterocycles. The Labute approximate surface area is 162 Å². The molecule has 1 unspecified atom stereocenters. The summed E-state index contributed by atoms with van der Waals surface area (Å²) in [5, 5.41) is 12.9. The van der Waals surface area contributed by atoms with Gasteiger partial charge in [-0.3, -0.25) is 4.79 Å². The van der Waals surface area contributed by atoms with Crippen molar-refractivity contribution in [2.24, 2.45) is 0 Å². The van der Waals surface area contributed by atoms with E-state index >= 15 is 0 Å². The number of anilines is 1. The van der Waals surface area contributed by atoms with E-state index in [1.54, 1.807) is 11.0 Å². The van der Waals surface area contributed by atoms with Crippen LogP contribution in [-0.2, 0) is 4.79 Å². The molecule has 3 rings (SSSR count). The SMILES string of the molecule is CCOc1ccc(N2C(S)=C(C#N)C(=O)NC2c2ccccc2Cl)cc1. The third-order valence-electron chi connectivity index (χ3n) is 3.94. The van der Waals surface area contributed by atoms with Gasteiger partial charge in [0.2, 0.25) is 0 Å². The summed E-state index contributed by atoms with van der Waals surface area (Å²) in [4.78, 5) is 14.1. The first-order chi connectivity index (χ1) is 12.6. The predicted molar refractivity (Wildman–Crippen MR) is 104 cm³/mol. The van der Waals surface area contributed by atoms with E-state index in [4.69, 9.17) is 16.3 Å². The minimum atomic E-state index is -0.584. The molecule has 0 radical (unpaired) electrons. The molecule has 0 aliphatic carbocycles. The molecule has 0 bridgehead atoms. The normalized spacial score (nSPS) is 16.9. The van der Waals surface area contributed by atoms with E-state index in [0.29, 0.717) is 17.2 Å². The Morgan fingerprint density at radius 3 is 2.58 bits per heavy atom. The van der Waals surface area contributed by atoms with Crippen molar-refractivity contribution in [3.8, 4) is 11.8 Å². The summed E-state index contributed by atoms with van der Waals surface area (Å²) in [6.45, 7) is 2.48. The van der Waals surface area contributed by atoms with Gasteiger partial charge >= 0.3 is 0 Å². The van der Waals surface area contributed by atoms with Crippen LogP contribution >= 0.6 is 24.2 Å². The van der Waals surface area contributed by atoms with Gasteiger partial charge in [-0.2, -0.15) is 5.26 Å². The Bertz CT molecular complexity index is 906. The largest absolute Gasteiger partial charge is 0.494 e. The molecule has 26 heavy (non-hydrogen) atoms. The van der Waals surface area contributed by atoms with Crippen LogP contribution in [0, 0.1) is 11.3 Å². The summed E-state index contributed by atoms with van der Waals surface area (Å²) in [6.07, 6.45) is -0.584. The molecule has 7 heteroatoms. The van der Waals surface area contributed by atoms with Gasteiger partial charge in [0.05, 0.1) is 11.6 Å². The molecule has 1 N–H and O–H groups in total. The maximum absolute atomic E-state index is 12.3. The Morgan fingerprint density at radius 2 is 1.96 bits per heavy atom. The molecule has 0 saturated carbocycles. The first-order valence-corrected chi connectivity index (χ1v) is 8.80. The highest BCUT2D eigenvalue weighted by Gasteiger charge is 2.34. The quantitative estimate of drug-likeness (QED) is 0.779. The lowest BCUT2D eigenvalue weighted by atomic mass is 10.1. The number of hydrogen-bond acceptors (Lipinski definition) is 5. The Balaban J connectivity index is 2.11. The van der Waals surface area contributed by atoms with E-state index in [-0.39, 0.29) is 10.6 Å². The van der Waals surface area contributed by atoms with Crippen LogP contribution in [-0.4, -0.2) is 12.5 Å². The van der Waals surface area contributed by atoms with Crippen molar-refractivity contribution in [3.63, 3.8) is 0 Å². The molecular weight excluding hydrogens is 370 g/mol. The predicted octanol–water partition coefficient (Wildman–Crippen LogP) is 4.04. The fourth-order valence-corrected chi connectivity index (χ4v) is 3.38. The van der Waals surface area contributed by atoms with Gasteiger partial charge in [0, 0.05) is 16.3 Å². The van der Waals surface area contributed by atoms with Gasteiger partial charge in [0.1, 0.15) is 23.6 Å². The van der Waals surface area contributed by atoms with Crippen LogP contribution in [0.25, 0.3) is 0 Å². The number of nitrogens with zero attached hydrogens (tertiary/aromatic N) is 2. The minimum Gasteiger partial charge on any atom is -0.494 e. The molecule has 1 atom stereocenters. The van der Waals surface area contributed by atoms with Gasteiger partial charge < -0.3 is 15.0 Å². The number of hydrogen-bond donors (Lipinski definition) is 2. The van der Waals surface area contributed by atoms with Crippen LogP contribution in [0.4, 0.5) is 5.69 Å². The average Bonchev–Trinajstić information content (AvgIpc) is 2.63. The van der Waals surface area contributed by atoms with E-state index in [2.05, 4.69) is 17.9 Å². The summed E-state index contributed by atoms with van der Waals surface area (Å²) in [7, 11) is 0. The second kappa shape index (κ2) is 7.73. The fourth-order valence-electron chi connectivity index (χ4n) is 2.76. The van der Waals surface area contributed by atoms with Crippen LogP contribution in [0.15, 0.2) is 59.1 Å². The summed E-state index contributed by atoms with van der Waals surface area (Å²) >= 11 is 10.8. The van der Waals surface area contributed by atoms with Crippen molar-refractivity contribution in [1.29, 1.82) is 5.26 Å². The summed E-state index contributed by atoms with van der Waals surface area (Å²) in [5.74, 6) is 0.251. The van der Waals surface area contributed by atoms with Gasteiger partial charge in [-0.1, -0.05) is 29.8 Å². The highest BCUT2D eigenvalue weighted by molar-refractivity contribution is 7.84. The van der Waals surface area contributed by atoms with Crippen molar-refractivity contribution in [1.82, 2.24) is 5.32 Å². The molecule has 5 nitrogen and oxygen atoms in total. The van der Waals surface area contributed by atoms with Gasteiger partial charge in [-0.15, -0.1) is 12.6 Å². The monoisotopic (exact) mass is 385 g/mol. The molecular formula is C19H16ClN3O2S. The zero-order chi connectivity index (χ0) is 18.7. The number of ether oxygens (including phenoxy) is 1. The third kappa shape index (κ3) is 3.36. The van der Waals surface area contributed by atoms with Gasteiger partial charge in [0.15, 0.2) is 0 Å². The lowest BCUT2D eigenvalue weighted by Gasteiger charge is -2.38. The maximum atomic E-state index is 12.3. The number of carbonyl (C=O) groups is 1. The Hall–Kier alpha value is -2.62. The zero-order valence-corrected chi connectivity index (χ0v) is 15.6. The van der Waals surface area contributed by atoms with E-state index in [1.165, 1.54) is 0 Å². The Morgan fingerprint density at radius 1 is 1.27 bits per heavy atom. The molecule has 2 aromatic carbocycles. The van der Waals surface area contributed by atoms with Crippen molar-refractivity contribution in [2.45, 2.75) is 13.1 Å². The highest BCUT2D eigenvalue weighted by Crippen LogP contribution is 2.38. The lowest BCUT2D eigenvalue weighted by molar-refractivity contribution is -0.118. The summed E-state index contributed by atoms with van der Waals surface area (Å²) < 4.78 is 5.47. The van der Waals surface area contributed by atoms with Crippen LogP contribution in [0.2, 0.25) is 5.02 Å². The first-order valence-electron chi connectivity index (χ1n) is 7.97. The number of carbonyl (C=O) groups excluding carboxylic acids is 1. The number of rotatable bonds is 4. The van der Waals surface area contributed by atoms with Crippen LogP contribution in [0.5, 0.6) is 5.75 Å². The molecule has 1 heterocycles. The Kier molecular flexibility index (Phi) is 5.40. The number of nitriles is 1.